The van der Waals surface area contributed by atoms with Gasteiger partial charge in [-0.2, -0.15) is 11.8 Å². The van der Waals surface area contributed by atoms with Crippen LogP contribution in [0.25, 0.3) is 0 Å². The van der Waals surface area contributed by atoms with E-state index in [1.807, 2.05) is 0 Å². The monoisotopic (exact) mass is 243 g/mol. The van der Waals surface area contributed by atoms with Crippen LogP contribution in [0.15, 0.2) is 0 Å². The van der Waals surface area contributed by atoms with Crippen molar-refractivity contribution < 1.29 is 4.79 Å². The normalized spacial score (nSPS) is 28.0. The van der Waals surface area contributed by atoms with Crippen LogP contribution in [0.5, 0.6) is 0 Å². The molecule has 2 rings (SSSR count). The van der Waals surface area contributed by atoms with Crippen molar-refractivity contribution >= 4 is 17.8 Å². The Kier molecular flexibility index (Phi) is 4.35. The molecule has 0 radical (unpaired) electrons. The molecular formula is C11H21N3OS. The summed E-state index contributed by atoms with van der Waals surface area (Å²) in [4.78, 5) is 12.7. The SMILES string of the molecule is NC(=O)N1CCC(NC2CCCSC2)CC1. The van der Waals surface area contributed by atoms with Gasteiger partial charge in [0.15, 0.2) is 0 Å². The number of likely N-dealkylation sites (tertiary alicyclic amines) is 1. The number of carbonyl (C=O) groups excluding carboxylic acids is 1. The Morgan fingerprint density at radius 2 is 2.00 bits per heavy atom. The van der Waals surface area contributed by atoms with Gasteiger partial charge in [0.25, 0.3) is 0 Å². The summed E-state index contributed by atoms with van der Waals surface area (Å²) in [5, 5.41) is 3.72. The van der Waals surface area contributed by atoms with E-state index in [2.05, 4.69) is 17.1 Å². The second kappa shape index (κ2) is 5.77. The molecule has 0 aliphatic carbocycles. The minimum atomic E-state index is -0.272. The highest BCUT2D eigenvalue weighted by molar-refractivity contribution is 7.99. The fourth-order valence-corrected chi connectivity index (χ4v) is 3.56. The first-order valence-corrected chi connectivity index (χ1v) is 7.29. The van der Waals surface area contributed by atoms with E-state index >= 15 is 0 Å². The predicted molar refractivity (Wildman–Crippen MR) is 67.7 cm³/mol. The molecule has 2 fully saturated rings. The number of thioether (sulfide) groups is 1. The summed E-state index contributed by atoms with van der Waals surface area (Å²) < 4.78 is 0. The Hall–Kier alpha value is -0.420. The Balaban J connectivity index is 1.70. The number of piperidine rings is 1. The number of nitrogens with zero attached hydrogens (tertiary/aromatic N) is 1. The minimum absolute atomic E-state index is 0.272. The first kappa shape index (κ1) is 12.0. The van der Waals surface area contributed by atoms with Crippen molar-refractivity contribution in [2.24, 2.45) is 5.73 Å². The third kappa shape index (κ3) is 3.28. The van der Waals surface area contributed by atoms with E-state index in [-0.39, 0.29) is 6.03 Å². The number of urea groups is 1. The molecule has 2 heterocycles. The molecule has 0 bridgehead atoms. The van der Waals surface area contributed by atoms with Crippen LogP contribution < -0.4 is 11.1 Å². The van der Waals surface area contributed by atoms with Crippen LogP contribution in [-0.4, -0.2) is 47.6 Å². The molecule has 1 atom stereocenters. The summed E-state index contributed by atoms with van der Waals surface area (Å²) >= 11 is 2.05. The number of hydrogen-bond donors (Lipinski definition) is 2. The molecule has 1 unspecified atom stereocenters. The standard InChI is InChI=1S/C11H21N3OS/c12-11(15)14-5-3-9(4-6-14)13-10-2-1-7-16-8-10/h9-10,13H,1-8H2,(H2,12,15). The van der Waals surface area contributed by atoms with Crippen LogP contribution in [-0.2, 0) is 0 Å². The third-order valence-electron chi connectivity index (χ3n) is 3.44. The molecule has 3 N–H and O–H groups in total. The molecule has 4 nitrogen and oxygen atoms in total. The third-order valence-corrected chi connectivity index (χ3v) is 4.65. The average molecular weight is 243 g/mol. The molecule has 16 heavy (non-hydrogen) atoms. The highest BCUT2D eigenvalue weighted by Crippen LogP contribution is 2.19. The molecule has 0 aromatic heterocycles. The molecule has 2 saturated heterocycles. The Labute approximate surface area is 101 Å². The second-order valence-electron chi connectivity index (χ2n) is 4.68. The fraction of sp³-hybridized carbons (Fsp3) is 0.909. The first-order chi connectivity index (χ1) is 7.75. The highest BCUT2D eigenvalue weighted by Gasteiger charge is 2.23. The number of nitrogens with one attached hydrogen (secondary N) is 1. The topological polar surface area (TPSA) is 58.4 Å². The maximum Gasteiger partial charge on any atom is 0.314 e. The Morgan fingerprint density at radius 1 is 1.25 bits per heavy atom. The fourth-order valence-electron chi connectivity index (χ4n) is 2.47. The van der Waals surface area contributed by atoms with Crippen LogP contribution in [0.4, 0.5) is 4.79 Å². The first-order valence-electron chi connectivity index (χ1n) is 6.14. The summed E-state index contributed by atoms with van der Waals surface area (Å²) in [5.74, 6) is 2.56. The zero-order chi connectivity index (χ0) is 11.4. The number of rotatable bonds is 2. The van der Waals surface area contributed by atoms with Gasteiger partial charge in [0.2, 0.25) is 0 Å². The van der Waals surface area contributed by atoms with Crippen molar-refractivity contribution in [2.45, 2.75) is 37.8 Å². The van der Waals surface area contributed by atoms with Gasteiger partial charge in [0.1, 0.15) is 0 Å². The molecule has 92 valence electrons. The molecule has 0 saturated carbocycles. The quantitative estimate of drug-likeness (QED) is 0.761. The van der Waals surface area contributed by atoms with Crippen molar-refractivity contribution in [3.05, 3.63) is 0 Å². The molecule has 5 heteroatoms. The van der Waals surface area contributed by atoms with Gasteiger partial charge in [-0.05, 0) is 31.4 Å². The lowest BCUT2D eigenvalue weighted by Gasteiger charge is -2.34. The second-order valence-corrected chi connectivity index (χ2v) is 5.83. The maximum atomic E-state index is 11.0. The van der Waals surface area contributed by atoms with Crippen LogP contribution in [0.1, 0.15) is 25.7 Å². The van der Waals surface area contributed by atoms with Gasteiger partial charge in [-0.15, -0.1) is 0 Å². The lowest BCUT2D eigenvalue weighted by molar-refractivity contribution is 0.182. The molecule has 2 aliphatic rings. The van der Waals surface area contributed by atoms with Crippen molar-refractivity contribution in [2.75, 3.05) is 24.6 Å². The van der Waals surface area contributed by atoms with Gasteiger partial charge in [0.05, 0.1) is 0 Å². The van der Waals surface area contributed by atoms with E-state index < -0.39 is 0 Å². The van der Waals surface area contributed by atoms with E-state index in [9.17, 15) is 4.79 Å². The minimum Gasteiger partial charge on any atom is -0.351 e. The molecule has 0 aromatic rings. The van der Waals surface area contributed by atoms with Gasteiger partial charge in [-0.3, -0.25) is 0 Å². The lowest BCUT2D eigenvalue weighted by atomic mass is 10.0. The van der Waals surface area contributed by atoms with E-state index in [0.29, 0.717) is 12.1 Å². The van der Waals surface area contributed by atoms with E-state index in [4.69, 9.17) is 5.73 Å². The summed E-state index contributed by atoms with van der Waals surface area (Å²) in [6.07, 6.45) is 4.74. The van der Waals surface area contributed by atoms with Crippen molar-refractivity contribution in [1.82, 2.24) is 10.2 Å². The molecule has 2 aliphatic heterocycles. The van der Waals surface area contributed by atoms with E-state index in [0.717, 1.165) is 25.9 Å². The van der Waals surface area contributed by atoms with Gasteiger partial charge >= 0.3 is 6.03 Å². The van der Waals surface area contributed by atoms with Gasteiger partial charge < -0.3 is 16.0 Å². The van der Waals surface area contributed by atoms with Gasteiger partial charge in [-0.1, -0.05) is 0 Å². The summed E-state index contributed by atoms with van der Waals surface area (Å²) in [6.45, 7) is 1.62. The Bertz CT molecular complexity index is 235. The molecule has 0 aromatic carbocycles. The lowest BCUT2D eigenvalue weighted by Crippen LogP contribution is -2.50. The molecular weight excluding hydrogens is 222 g/mol. The predicted octanol–water partition coefficient (Wildman–Crippen LogP) is 1.01. The summed E-state index contributed by atoms with van der Waals surface area (Å²) in [5.41, 5.74) is 5.26. The largest absolute Gasteiger partial charge is 0.351 e. The van der Waals surface area contributed by atoms with Crippen LogP contribution in [0.3, 0.4) is 0 Å². The number of carbonyl (C=O) groups is 1. The maximum absolute atomic E-state index is 11.0. The zero-order valence-electron chi connectivity index (χ0n) is 9.65. The number of primary amides is 1. The van der Waals surface area contributed by atoms with Crippen molar-refractivity contribution in [3.8, 4) is 0 Å². The molecule has 2 amide bonds. The van der Waals surface area contributed by atoms with Crippen LogP contribution >= 0.6 is 11.8 Å². The smallest absolute Gasteiger partial charge is 0.314 e. The summed E-state index contributed by atoms with van der Waals surface area (Å²) in [7, 11) is 0. The summed E-state index contributed by atoms with van der Waals surface area (Å²) in [6, 6.07) is 0.995. The van der Waals surface area contributed by atoms with Crippen molar-refractivity contribution in [1.29, 1.82) is 0 Å². The average Bonchev–Trinajstić information content (AvgIpc) is 2.31. The van der Waals surface area contributed by atoms with Crippen LogP contribution in [0, 0.1) is 0 Å². The number of amides is 2. The molecule has 0 spiro atoms. The zero-order valence-corrected chi connectivity index (χ0v) is 10.5. The van der Waals surface area contributed by atoms with E-state index in [1.54, 1.807) is 4.90 Å². The van der Waals surface area contributed by atoms with Gasteiger partial charge in [-0.25, -0.2) is 4.79 Å². The van der Waals surface area contributed by atoms with Gasteiger partial charge in [0, 0.05) is 30.9 Å². The number of hydrogen-bond acceptors (Lipinski definition) is 3. The number of nitrogens with two attached hydrogens (primary N) is 1. The Morgan fingerprint density at radius 3 is 2.56 bits per heavy atom. The van der Waals surface area contributed by atoms with E-state index in [1.165, 1.54) is 24.3 Å². The highest BCUT2D eigenvalue weighted by atomic mass is 32.2. The van der Waals surface area contributed by atoms with Crippen molar-refractivity contribution in [3.63, 3.8) is 0 Å². The van der Waals surface area contributed by atoms with Crippen LogP contribution in [0.2, 0.25) is 0 Å².